The first kappa shape index (κ1) is 14.4. The largest absolute Gasteiger partial charge is 0.495 e. The van der Waals surface area contributed by atoms with E-state index >= 15 is 0 Å². The number of thioether (sulfide) groups is 1. The van der Waals surface area contributed by atoms with Gasteiger partial charge in [0.2, 0.25) is 5.56 Å². The van der Waals surface area contributed by atoms with Gasteiger partial charge in [0.15, 0.2) is 0 Å². The van der Waals surface area contributed by atoms with E-state index < -0.39 is 5.91 Å². The van der Waals surface area contributed by atoms with Crippen molar-refractivity contribution in [2.45, 2.75) is 6.92 Å². The third-order valence-electron chi connectivity index (χ3n) is 3.37. The Hall–Kier alpha value is -2.54. The third kappa shape index (κ3) is 2.39. The van der Waals surface area contributed by atoms with E-state index in [1.807, 2.05) is 6.92 Å². The molecule has 1 aromatic carbocycles. The standard InChI is InChI=1S/C15H12N2O4S/c1-7-5-10(21-2)13-8(3-4-12(18)16-13)9(7)6-11-14(19)17-15(20)22-11/h3-6H,1-2H3,(H,16,18)(H,17,19,20). The molecule has 112 valence electrons. The summed E-state index contributed by atoms with van der Waals surface area (Å²) < 4.78 is 5.30. The Morgan fingerprint density at radius 1 is 1.23 bits per heavy atom. The van der Waals surface area contributed by atoms with Gasteiger partial charge >= 0.3 is 0 Å². The minimum absolute atomic E-state index is 0.239. The van der Waals surface area contributed by atoms with Crippen LogP contribution in [0.4, 0.5) is 4.79 Å². The zero-order valence-corrected chi connectivity index (χ0v) is 12.7. The number of pyridine rings is 1. The highest BCUT2D eigenvalue weighted by molar-refractivity contribution is 8.18. The van der Waals surface area contributed by atoms with Crippen molar-refractivity contribution in [1.82, 2.24) is 10.3 Å². The van der Waals surface area contributed by atoms with Gasteiger partial charge in [-0.3, -0.25) is 19.7 Å². The Bertz CT molecular complexity index is 898. The van der Waals surface area contributed by atoms with Gasteiger partial charge in [-0.2, -0.15) is 0 Å². The van der Waals surface area contributed by atoms with Gasteiger partial charge in [-0.1, -0.05) is 0 Å². The van der Waals surface area contributed by atoms with E-state index in [9.17, 15) is 14.4 Å². The lowest BCUT2D eigenvalue weighted by molar-refractivity contribution is -0.115. The van der Waals surface area contributed by atoms with Crippen LogP contribution in [0.25, 0.3) is 17.0 Å². The van der Waals surface area contributed by atoms with Crippen molar-refractivity contribution < 1.29 is 14.3 Å². The molecule has 0 saturated carbocycles. The predicted octanol–water partition coefficient (Wildman–Crippen LogP) is 2.17. The fourth-order valence-corrected chi connectivity index (χ4v) is 3.02. The summed E-state index contributed by atoms with van der Waals surface area (Å²) in [5, 5.41) is 2.58. The Morgan fingerprint density at radius 2 is 2.00 bits per heavy atom. The average Bonchev–Trinajstić information content (AvgIpc) is 2.79. The Kier molecular flexibility index (Phi) is 3.50. The number of aromatic amines is 1. The fourth-order valence-electron chi connectivity index (χ4n) is 2.36. The summed E-state index contributed by atoms with van der Waals surface area (Å²) in [5.74, 6) is 0.134. The minimum Gasteiger partial charge on any atom is -0.495 e. The number of amides is 2. The lowest BCUT2D eigenvalue weighted by atomic mass is 10.0. The van der Waals surface area contributed by atoms with Crippen molar-refractivity contribution in [2.75, 3.05) is 7.11 Å². The summed E-state index contributed by atoms with van der Waals surface area (Å²) in [6.07, 6.45) is 1.65. The molecule has 0 aliphatic carbocycles. The number of hydrogen-bond donors (Lipinski definition) is 2. The fraction of sp³-hybridized carbons (Fsp3) is 0.133. The number of imide groups is 1. The van der Waals surface area contributed by atoms with E-state index in [1.165, 1.54) is 13.2 Å². The summed E-state index contributed by atoms with van der Waals surface area (Å²) in [5.41, 5.74) is 1.95. The maximum absolute atomic E-state index is 11.7. The predicted molar refractivity (Wildman–Crippen MR) is 85.0 cm³/mol. The van der Waals surface area contributed by atoms with Crippen molar-refractivity contribution in [3.63, 3.8) is 0 Å². The monoisotopic (exact) mass is 316 g/mol. The van der Waals surface area contributed by atoms with Gasteiger partial charge in [-0.25, -0.2) is 0 Å². The van der Waals surface area contributed by atoms with Crippen LogP contribution >= 0.6 is 11.8 Å². The van der Waals surface area contributed by atoms with Crippen LogP contribution in [0.1, 0.15) is 11.1 Å². The number of benzene rings is 1. The number of carbonyl (C=O) groups excluding carboxylic acids is 2. The second kappa shape index (κ2) is 5.34. The Labute approximate surface area is 129 Å². The maximum atomic E-state index is 11.7. The summed E-state index contributed by atoms with van der Waals surface area (Å²) >= 11 is 0.857. The molecule has 0 radical (unpaired) electrons. The van der Waals surface area contributed by atoms with Gasteiger partial charge < -0.3 is 9.72 Å². The normalized spacial score (nSPS) is 16.4. The molecule has 7 heteroatoms. The molecule has 2 N–H and O–H groups in total. The highest BCUT2D eigenvalue weighted by Crippen LogP contribution is 2.33. The highest BCUT2D eigenvalue weighted by Gasteiger charge is 2.25. The van der Waals surface area contributed by atoms with Crippen LogP contribution in [0.15, 0.2) is 27.9 Å². The number of hydrogen-bond acceptors (Lipinski definition) is 5. The first-order chi connectivity index (χ1) is 10.5. The molecule has 22 heavy (non-hydrogen) atoms. The number of rotatable bonds is 2. The van der Waals surface area contributed by atoms with E-state index in [2.05, 4.69) is 10.3 Å². The quantitative estimate of drug-likeness (QED) is 0.829. The van der Waals surface area contributed by atoms with Gasteiger partial charge in [-0.15, -0.1) is 0 Å². The van der Waals surface area contributed by atoms with Crippen molar-refractivity contribution in [3.05, 3.63) is 44.6 Å². The van der Waals surface area contributed by atoms with Crippen LogP contribution in [0.2, 0.25) is 0 Å². The maximum Gasteiger partial charge on any atom is 0.290 e. The molecule has 0 atom stereocenters. The minimum atomic E-state index is -0.414. The zero-order valence-electron chi connectivity index (χ0n) is 11.9. The van der Waals surface area contributed by atoms with Gasteiger partial charge in [0.25, 0.3) is 11.1 Å². The van der Waals surface area contributed by atoms with Gasteiger partial charge in [0.05, 0.1) is 17.5 Å². The average molecular weight is 316 g/mol. The van der Waals surface area contributed by atoms with E-state index in [1.54, 1.807) is 18.2 Å². The molecular weight excluding hydrogens is 304 g/mol. The van der Waals surface area contributed by atoms with Crippen molar-refractivity contribution in [2.24, 2.45) is 0 Å². The van der Waals surface area contributed by atoms with Crippen LogP contribution in [0, 0.1) is 6.92 Å². The number of nitrogens with one attached hydrogen (secondary N) is 2. The number of aryl methyl sites for hydroxylation is 1. The van der Waals surface area contributed by atoms with E-state index in [4.69, 9.17) is 4.74 Å². The van der Waals surface area contributed by atoms with Crippen molar-refractivity contribution in [1.29, 1.82) is 0 Å². The van der Waals surface area contributed by atoms with Crippen LogP contribution < -0.4 is 15.6 Å². The van der Waals surface area contributed by atoms with E-state index in [0.717, 1.165) is 28.3 Å². The molecule has 0 spiro atoms. The molecule has 0 bridgehead atoms. The third-order valence-corrected chi connectivity index (χ3v) is 4.18. The number of aromatic nitrogens is 1. The topological polar surface area (TPSA) is 88.3 Å². The number of fused-ring (bicyclic) bond motifs is 1. The molecule has 1 aromatic heterocycles. The number of H-pyrrole nitrogens is 1. The van der Waals surface area contributed by atoms with Gasteiger partial charge in [0, 0.05) is 11.5 Å². The SMILES string of the molecule is COc1cc(C)c(C=C2SC(=O)NC2=O)c2ccc(=O)[nH]c12. The Balaban J connectivity index is 2.28. The summed E-state index contributed by atoms with van der Waals surface area (Å²) in [7, 11) is 1.52. The molecule has 1 aliphatic heterocycles. The molecule has 2 aromatic rings. The highest BCUT2D eigenvalue weighted by atomic mass is 32.2. The molecule has 1 fully saturated rings. The molecule has 3 rings (SSSR count). The van der Waals surface area contributed by atoms with Crippen molar-refractivity contribution in [3.8, 4) is 5.75 Å². The summed E-state index contributed by atoms with van der Waals surface area (Å²) in [4.78, 5) is 37.6. The second-order valence-corrected chi connectivity index (χ2v) is 5.79. The van der Waals surface area contributed by atoms with E-state index in [-0.39, 0.29) is 10.8 Å². The van der Waals surface area contributed by atoms with Crippen molar-refractivity contribution >= 4 is 39.9 Å². The molecule has 0 unspecified atom stereocenters. The molecule has 1 saturated heterocycles. The lowest BCUT2D eigenvalue weighted by Crippen LogP contribution is -2.17. The summed E-state index contributed by atoms with van der Waals surface area (Å²) in [6.45, 7) is 1.87. The summed E-state index contributed by atoms with van der Waals surface area (Å²) in [6, 6.07) is 4.87. The van der Waals surface area contributed by atoms with Crippen LogP contribution in [0.5, 0.6) is 5.75 Å². The van der Waals surface area contributed by atoms with Crippen LogP contribution in [-0.4, -0.2) is 23.2 Å². The molecule has 6 nitrogen and oxygen atoms in total. The Morgan fingerprint density at radius 3 is 2.64 bits per heavy atom. The molecular formula is C15H12N2O4S. The van der Waals surface area contributed by atoms with Gasteiger partial charge in [-0.05, 0) is 48.0 Å². The number of methoxy groups -OCH3 is 1. The van der Waals surface area contributed by atoms with Crippen LogP contribution in [0.3, 0.4) is 0 Å². The number of ether oxygens (including phenoxy) is 1. The smallest absolute Gasteiger partial charge is 0.290 e. The zero-order chi connectivity index (χ0) is 15.9. The second-order valence-electron chi connectivity index (χ2n) is 4.77. The van der Waals surface area contributed by atoms with E-state index in [0.29, 0.717) is 16.2 Å². The molecule has 2 heterocycles. The van der Waals surface area contributed by atoms with Gasteiger partial charge in [0.1, 0.15) is 5.75 Å². The first-order valence-electron chi connectivity index (χ1n) is 6.45. The first-order valence-corrected chi connectivity index (χ1v) is 7.26. The number of carbonyl (C=O) groups is 2. The molecule has 2 amide bonds. The molecule has 1 aliphatic rings. The van der Waals surface area contributed by atoms with Crippen LogP contribution in [-0.2, 0) is 4.79 Å². The lowest BCUT2D eigenvalue weighted by Gasteiger charge is -2.11.